The third-order valence-electron chi connectivity index (χ3n) is 2.86. The molecule has 0 bridgehead atoms. The molecule has 4 N–H and O–H groups in total. The predicted octanol–water partition coefficient (Wildman–Crippen LogP) is 1.61. The van der Waals surface area contributed by atoms with Gasteiger partial charge in [0.1, 0.15) is 0 Å². The van der Waals surface area contributed by atoms with E-state index in [4.69, 9.17) is 5.84 Å². The van der Waals surface area contributed by atoms with E-state index in [2.05, 4.69) is 51.4 Å². The van der Waals surface area contributed by atoms with Crippen molar-refractivity contribution in [3.05, 3.63) is 0 Å². The van der Waals surface area contributed by atoms with Gasteiger partial charge in [-0.2, -0.15) is 15.0 Å². The smallest absolute Gasteiger partial charge is 0.243 e. The van der Waals surface area contributed by atoms with E-state index in [-0.39, 0.29) is 0 Å². The lowest BCUT2D eigenvalue weighted by Crippen LogP contribution is -2.26. The first-order valence-corrected chi connectivity index (χ1v) is 6.96. The Labute approximate surface area is 115 Å². The van der Waals surface area contributed by atoms with E-state index < -0.39 is 0 Å². The normalized spacial score (nSPS) is 10.3. The summed E-state index contributed by atoms with van der Waals surface area (Å²) in [4.78, 5) is 14.9. The zero-order valence-corrected chi connectivity index (χ0v) is 12.1. The number of nitrogen functional groups attached to an aromatic ring is 1. The molecule has 1 aromatic heterocycles. The quantitative estimate of drug-likeness (QED) is 0.355. The van der Waals surface area contributed by atoms with Gasteiger partial charge < -0.3 is 10.2 Å². The Balaban J connectivity index is 2.77. The molecule has 0 unspecified atom stereocenters. The van der Waals surface area contributed by atoms with Gasteiger partial charge in [0.05, 0.1) is 0 Å². The Morgan fingerprint density at radius 3 is 2.26 bits per heavy atom. The molecule has 19 heavy (non-hydrogen) atoms. The minimum atomic E-state index is 0.384. The number of hydrogen-bond acceptors (Lipinski definition) is 7. The van der Waals surface area contributed by atoms with Gasteiger partial charge in [0.15, 0.2) is 0 Å². The van der Waals surface area contributed by atoms with Crippen molar-refractivity contribution >= 4 is 17.8 Å². The van der Waals surface area contributed by atoms with Crippen molar-refractivity contribution < 1.29 is 0 Å². The minimum absolute atomic E-state index is 0.384. The molecule has 1 heterocycles. The van der Waals surface area contributed by atoms with E-state index in [9.17, 15) is 0 Å². The first-order chi connectivity index (χ1) is 9.24. The lowest BCUT2D eigenvalue weighted by atomic mass is 10.2. The third kappa shape index (κ3) is 4.86. The lowest BCUT2D eigenvalue weighted by Gasteiger charge is -2.19. The molecule has 7 nitrogen and oxygen atoms in total. The van der Waals surface area contributed by atoms with Gasteiger partial charge >= 0.3 is 0 Å². The molecule has 108 valence electrons. The minimum Gasteiger partial charge on any atom is -0.354 e. The number of rotatable bonds is 9. The molecule has 7 heteroatoms. The van der Waals surface area contributed by atoms with Crippen LogP contribution in [0, 0.1) is 0 Å². The van der Waals surface area contributed by atoms with Crippen LogP contribution in [0.15, 0.2) is 0 Å². The van der Waals surface area contributed by atoms with Gasteiger partial charge in [-0.1, -0.05) is 19.8 Å². The molecular formula is C12H25N7. The van der Waals surface area contributed by atoms with Crippen LogP contribution in [0.3, 0.4) is 0 Å². The Hall–Kier alpha value is -1.63. The lowest BCUT2D eigenvalue weighted by molar-refractivity contribution is 0.738. The van der Waals surface area contributed by atoms with Crippen molar-refractivity contribution in [2.45, 2.75) is 40.0 Å². The van der Waals surface area contributed by atoms with E-state index in [1.807, 2.05) is 0 Å². The first kappa shape index (κ1) is 15.4. The van der Waals surface area contributed by atoms with E-state index in [0.29, 0.717) is 17.8 Å². The maximum absolute atomic E-state index is 5.40. The summed E-state index contributed by atoms with van der Waals surface area (Å²) in [6.07, 6.45) is 3.50. The molecule has 0 atom stereocenters. The largest absolute Gasteiger partial charge is 0.354 e. The molecule has 1 rings (SSSR count). The van der Waals surface area contributed by atoms with Crippen LogP contribution in [0.5, 0.6) is 0 Å². The Bertz CT molecular complexity index is 365. The summed E-state index contributed by atoms with van der Waals surface area (Å²) in [5.74, 6) is 7.00. The van der Waals surface area contributed by atoms with Gasteiger partial charge in [-0.05, 0) is 20.3 Å². The fourth-order valence-corrected chi connectivity index (χ4v) is 1.73. The summed E-state index contributed by atoms with van der Waals surface area (Å²) in [7, 11) is 0. The van der Waals surface area contributed by atoms with Crippen molar-refractivity contribution in [1.82, 2.24) is 15.0 Å². The summed E-state index contributed by atoms with van der Waals surface area (Å²) < 4.78 is 0. The zero-order valence-electron chi connectivity index (χ0n) is 12.1. The van der Waals surface area contributed by atoms with Crippen LogP contribution in [-0.2, 0) is 0 Å². The van der Waals surface area contributed by atoms with Gasteiger partial charge in [0, 0.05) is 19.6 Å². The Kier molecular flexibility index (Phi) is 6.88. The predicted molar refractivity (Wildman–Crippen MR) is 79.2 cm³/mol. The van der Waals surface area contributed by atoms with Crippen LogP contribution < -0.4 is 21.5 Å². The summed E-state index contributed by atoms with van der Waals surface area (Å²) >= 11 is 0. The van der Waals surface area contributed by atoms with Gasteiger partial charge in [-0.15, -0.1) is 0 Å². The van der Waals surface area contributed by atoms with Crippen molar-refractivity contribution in [1.29, 1.82) is 0 Å². The van der Waals surface area contributed by atoms with Gasteiger partial charge in [0.2, 0.25) is 17.8 Å². The fraction of sp³-hybridized carbons (Fsp3) is 0.750. The molecule has 1 aromatic rings. The van der Waals surface area contributed by atoms with E-state index in [0.717, 1.165) is 26.1 Å². The van der Waals surface area contributed by atoms with E-state index >= 15 is 0 Å². The Morgan fingerprint density at radius 1 is 1.00 bits per heavy atom. The number of anilines is 3. The number of nitrogens with two attached hydrogens (primary N) is 1. The van der Waals surface area contributed by atoms with Crippen LogP contribution in [0.4, 0.5) is 17.8 Å². The average Bonchev–Trinajstić information content (AvgIpc) is 2.45. The fourth-order valence-electron chi connectivity index (χ4n) is 1.73. The summed E-state index contributed by atoms with van der Waals surface area (Å²) in [6.45, 7) is 8.87. The third-order valence-corrected chi connectivity index (χ3v) is 2.86. The maximum atomic E-state index is 5.40. The average molecular weight is 267 g/mol. The number of unbranched alkanes of at least 4 members (excludes halogenated alkanes) is 2. The first-order valence-electron chi connectivity index (χ1n) is 6.96. The van der Waals surface area contributed by atoms with Crippen LogP contribution in [0.25, 0.3) is 0 Å². The second kappa shape index (κ2) is 8.47. The molecule has 0 aliphatic heterocycles. The SMILES string of the molecule is CCCCCNc1nc(NN)nc(N(CC)CC)n1. The van der Waals surface area contributed by atoms with Crippen molar-refractivity contribution in [3.8, 4) is 0 Å². The van der Waals surface area contributed by atoms with Crippen molar-refractivity contribution in [3.63, 3.8) is 0 Å². The number of hydrazine groups is 1. The van der Waals surface area contributed by atoms with Crippen LogP contribution in [0.2, 0.25) is 0 Å². The zero-order chi connectivity index (χ0) is 14.1. The summed E-state index contributed by atoms with van der Waals surface area (Å²) in [5, 5.41) is 3.21. The topological polar surface area (TPSA) is 92.0 Å². The van der Waals surface area contributed by atoms with Crippen LogP contribution in [-0.4, -0.2) is 34.6 Å². The highest BCUT2D eigenvalue weighted by Gasteiger charge is 2.10. The van der Waals surface area contributed by atoms with Gasteiger partial charge in [-0.25, -0.2) is 5.84 Å². The molecule has 0 amide bonds. The van der Waals surface area contributed by atoms with Gasteiger partial charge in [0.25, 0.3) is 0 Å². The highest BCUT2D eigenvalue weighted by molar-refractivity contribution is 5.43. The van der Waals surface area contributed by atoms with Crippen molar-refractivity contribution in [2.24, 2.45) is 5.84 Å². The molecule has 0 aliphatic rings. The molecule has 0 radical (unpaired) electrons. The van der Waals surface area contributed by atoms with Crippen LogP contribution in [0.1, 0.15) is 40.0 Å². The number of nitrogens with zero attached hydrogens (tertiary/aromatic N) is 4. The molecule has 0 saturated carbocycles. The molecule has 0 aromatic carbocycles. The molecule has 0 aliphatic carbocycles. The highest BCUT2D eigenvalue weighted by atomic mass is 15.4. The van der Waals surface area contributed by atoms with E-state index in [1.54, 1.807) is 0 Å². The molecule has 0 saturated heterocycles. The standard InChI is InChI=1S/C12H25N7/c1-4-7-8-9-14-10-15-11(18-13)17-12(16-10)19(5-2)6-3/h4-9,13H2,1-3H3,(H2,14,15,16,17,18). The monoisotopic (exact) mass is 267 g/mol. The Morgan fingerprint density at radius 2 is 1.68 bits per heavy atom. The number of hydrogen-bond donors (Lipinski definition) is 3. The van der Waals surface area contributed by atoms with Crippen molar-refractivity contribution in [2.75, 3.05) is 35.3 Å². The molecular weight excluding hydrogens is 242 g/mol. The molecule has 0 fully saturated rings. The highest BCUT2D eigenvalue weighted by Crippen LogP contribution is 2.12. The second-order valence-corrected chi connectivity index (χ2v) is 4.23. The molecule has 0 spiro atoms. The van der Waals surface area contributed by atoms with Crippen LogP contribution >= 0.6 is 0 Å². The second-order valence-electron chi connectivity index (χ2n) is 4.23. The maximum Gasteiger partial charge on any atom is 0.243 e. The number of nitrogens with one attached hydrogen (secondary N) is 2. The van der Waals surface area contributed by atoms with Gasteiger partial charge in [-0.3, -0.25) is 5.43 Å². The number of aromatic nitrogens is 3. The van der Waals surface area contributed by atoms with E-state index in [1.165, 1.54) is 12.8 Å². The summed E-state index contributed by atoms with van der Waals surface area (Å²) in [5.41, 5.74) is 2.48. The summed E-state index contributed by atoms with van der Waals surface area (Å²) in [6, 6.07) is 0.